The molecule has 0 fully saturated rings. The van der Waals surface area contributed by atoms with Gasteiger partial charge in [-0.1, -0.05) is 0 Å². The Morgan fingerprint density at radius 3 is 2.77 bits per heavy atom. The van der Waals surface area contributed by atoms with Crippen molar-refractivity contribution < 1.29 is 4.74 Å². The molecule has 1 rings (SSSR count). The Morgan fingerprint density at radius 1 is 1.46 bits per heavy atom. The van der Waals surface area contributed by atoms with Crippen molar-refractivity contribution in [3.05, 3.63) is 30.3 Å². The van der Waals surface area contributed by atoms with Gasteiger partial charge >= 0.3 is 91.5 Å². The Hall–Kier alpha value is -0.581. The quantitative estimate of drug-likeness (QED) is 0.777. The molecular weight excluding hydrogens is 296 g/mol. The maximum absolute atomic E-state index is 8.36. The molecule has 4 heteroatoms. The van der Waals surface area contributed by atoms with E-state index >= 15 is 0 Å². The number of ether oxygens (including phenoxy) is 1. The van der Waals surface area contributed by atoms with Gasteiger partial charge < -0.3 is 0 Å². The molecule has 0 N–H and O–H groups in total. The van der Waals surface area contributed by atoms with Gasteiger partial charge in [-0.25, -0.2) is 0 Å². The molecular formula is C9H7NOSe2. The van der Waals surface area contributed by atoms with E-state index in [1.165, 1.54) is 0 Å². The van der Waals surface area contributed by atoms with Crippen LogP contribution in [0.25, 0.3) is 0 Å². The van der Waals surface area contributed by atoms with Gasteiger partial charge in [0.25, 0.3) is 0 Å². The fourth-order valence-corrected chi connectivity index (χ4v) is 2.26. The molecule has 0 amide bonds. The van der Waals surface area contributed by atoms with Crippen LogP contribution in [0.15, 0.2) is 30.3 Å². The van der Waals surface area contributed by atoms with E-state index in [0.29, 0.717) is 5.32 Å². The molecule has 0 saturated carbocycles. The number of nitrogens with zero attached hydrogens (tertiary/aromatic N) is 1. The molecule has 0 bridgehead atoms. The van der Waals surface area contributed by atoms with E-state index in [-0.39, 0.29) is 15.0 Å². The molecule has 0 aromatic heterocycles. The van der Waals surface area contributed by atoms with Crippen molar-refractivity contribution in [2.45, 2.75) is 5.32 Å². The van der Waals surface area contributed by atoms with Crippen LogP contribution in [0.2, 0.25) is 5.32 Å². The maximum atomic E-state index is 8.36. The van der Waals surface area contributed by atoms with E-state index in [1.54, 1.807) is 0 Å². The molecule has 13 heavy (non-hydrogen) atoms. The number of rotatable bonds is 4. The molecule has 0 aliphatic rings. The van der Waals surface area contributed by atoms with Crippen LogP contribution < -0.4 is 4.74 Å². The van der Waals surface area contributed by atoms with Crippen molar-refractivity contribution in [2.24, 2.45) is 0 Å². The monoisotopic (exact) mass is 305 g/mol. The zero-order chi connectivity index (χ0) is 9.52. The van der Waals surface area contributed by atoms with Crippen molar-refractivity contribution in [2.75, 3.05) is 0 Å². The Balaban J connectivity index is 2.42. The molecule has 1 aromatic rings. The molecule has 0 radical (unpaired) electrons. The molecule has 1 aromatic carbocycles. The van der Waals surface area contributed by atoms with E-state index in [9.17, 15) is 0 Å². The fraction of sp³-hybridized carbons (Fsp3) is 0.111. The molecule has 0 aliphatic heterocycles. The summed E-state index contributed by atoms with van der Waals surface area (Å²) in [7, 11) is 0. The minimum atomic E-state index is 0.116. The predicted molar refractivity (Wildman–Crippen MR) is 54.0 cm³/mol. The van der Waals surface area contributed by atoms with E-state index < -0.39 is 0 Å². The average molecular weight is 303 g/mol. The summed E-state index contributed by atoms with van der Waals surface area (Å²) in [5.74, 6) is 0.816. The number of para-hydroxylation sites is 1. The van der Waals surface area contributed by atoms with Gasteiger partial charge in [-0.2, -0.15) is 0 Å². The van der Waals surface area contributed by atoms with Crippen LogP contribution in [0.3, 0.4) is 0 Å². The van der Waals surface area contributed by atoms with Crippen LogP contribution in [-0.4, -0.2) is 34.0 Å². The van der Waals surface area contributed by atoms with Crippen molar-refractivity contribution in [3.63, 3.8) is 0 Å². The second-order valence-electron chi connectivity index (χ2n) is 2.11. The summed E-state index contributed by atoms with van der Waals surface area (Å²) in [4.78, 5) is 0. The third-order valence-electron chi connectivity index (χ3n) is 1.20. The Kier molecular flexibility index (Phi) is 4.82. The molecule has 66 valence electrons. The summed E-state index contributed by atoms with van der Waals surface area (Å²) >= 11 is 2.95. The summed E-state index contributed by atoms with van der Waals surface area (Å²) < 4.78 is 6.27. The third-order valence-corrected chi connectivity index (χ3v) is 3.90. The van der Waals surface area contributed by atoms with Crippen LogP contribution in [0.1, 0.15) is 0 Å². The van der Waals surface area contributed by atoms with E-state index in [2.05, 4.69) is 21.6 Å². The van der Waals surface area contributed by atoms with Gasteiger partial charge in [-0.3, -0.25) is 0 Å². The van der Waals surface area contributed by atoms with Crippen LogP contribution in [0.4, 0.5) is 0 Å². The zero-order valence-electron chi connectivity index (χ0n) is 6.77. The van der Waals surface area contributed by atoms with E-state index in [0.717, 1.165) is 9.25 Å². The molecule has 0 heterocycles. The van der Waals surface area contributed by atoms with Gasteiger partial charge in [-0.15, -0.1) is 0 Å². The first-order valence-electron chi connectivity index (χ1n) is 3.59. The van der Waals surface area contributed by atoms with Crippen LogP contribution in [0, 0.1) is 11.3 Å². The van der Waals surface area contributed by atoms with Gasteiger partial charge in [0.1, 0.15) is 0 Å². The van der Waals surface area contributed by atoms with Gasteiger partial charge in [0, 0.05) is 0 Å². The first kappa shape index (κ1) is 10.5. The summed E-state index contributed by atoms with van der Waals surface area (Å²) in [5.41, 5.74) is 0. The van der Waals surface area contributed by atoms with Gasteiger partial charge in [0.2, 0.25) is 0 Å². The van der Waals surface area contributed by atoms with Crippen LogP contribution in [-0.2, 0) is 0 Å². The minimum absolute atomic E-state index is 0.116. The summed E-state index contributed by atoms with van der Waals surface area (Å²) in [6.07, 6.45) is 0. The topological polar surface area (TPSA) is 33.0 Å². The first-order chi connectivity index (χ1) is 6.33. The van der Waals surface area contributed by atoms with Gasteiger partial charge in [-0.05, 0) is 0 Å². The Labute approximate surface area is 91.4 Å². The summed E-state index contributed by atoms with van der Waals surface area (Å²) in [5, 5.41) is 8.91. The van der Waals surface area contributed by atoms with Crippen molar-refractivity contribution in [3.8, 4) is 11.8 Å². The third kappa shape index (κ3) is 4.26. The number of nitriles is 1. The van der Waals surface area contributed by atoms with Crippen molar-refractivity contribution in [1.29, 1.82) is 5.26 Å². The SMILES string of the molecule is N#CC[Se]C(=[Se])Oc1ccccc1. The summed E-state index contributed by atoms with van der Waals surface area (Å²) in [6, 6.07) is 11.6. The number of hydrogen-bond donors (Lipinski definition) is 0. The molecule has 0 atom stereocenters. The zero-order valence-corrected chi connectivity index (χ0v) is 10.2. The molecule has 0 aliphatic carbocycles. The standard InChI is InChI=1S/C9H7NOSe2/c10-6-7-13-9(12)11-8-4-2-1-3-5-8/h1-5H,7H2. The first-order valence-corrected chi connectivity index (χ1v) is 6.52. The van der Waals surface area contributed by atoms with Crippen LogP contribution in [0.5, 0.6) is 5.75 Å². The van der Waals surface area contributed by atoms with Gasteiger partial charge in [0.15, 0.2) is 0 Å². The summed E-state index contributed by atoms with van der Waals surface area (Å²) in [6.45, 7) is 0. The second-order valence-corrected chi connectivity index (χ2v) is 6.19. The van der Waals surface area contributed by atoms with Gasteiger partial charge in [0.05, 0.1) is 0 Å². The Bertz CT molecular complexity index is 318. The number of benzene rings is 1. The van der Waals surface area contributed by atoms with Crippen molar-refractivity contribution >= 4 is 34.0 Å². The van der Waals surface area contributed by atoms with Crippen LogP contribution >= 0.6 is 0 Å². The average Bonchev–Trinajstić information content (AvgIpc) is 2.16. The van der Waals surface area contributed by atoms with E-state index in [4.69, 9.17) is 10.00 Å². The van der Waals surface area contributed by atoms with E-state index in [1.807, 2.05) is 30.3 Å². The fourth-order valence-electron chi connectivity index (χ4n) is 0.705. The second kappa shape index (κ2) is 5.96. The Morgan fingerprint density at radius 2 is 2.15 bits per heavy atom. The molecule has 0 spiro atoms. The van der Waals surface area contributed by atoms with Crippen molar-refractivity contribution in [1.82, 2.24) is 0 Å². The number of hydrogen-bond acceptors (Lipinski definition) is 2. The normalized spacial score (nSPS) is 8.85. The molecule has 0 unspecified atom stereocenters. The molecule has 0 saturated heterocycles. The molecule has 2 nitrogen and oxygen atoms in total. The predicted octanol–water partition coefficient (Wildman–Crippen LogP) is 0.967.